The largest absolute Gasteiger partial charge is 0.481 e. The molecule has 3 aromatic rings. The van der Waals surface area contributed by atoms with Gasteiger partial charge in [-0.2, -0.15) is 5.10 Å². The van der Waals surface area contributed by atoms with Gasteiger partial charge in [0.05, 0.1) is 23.9 Å². The first-order chi connectivity index (χ1) is 10.5. The second-order valence-corrected chi connectivity index (χ2v) is 5.87. The maximum atomic E-state index is 5.93. The minimum Gasteiger partial charge on any atom is -0.481 e. The minimum absolute atomic E-state index is 0.247. The van der Waals surface area contributed by atoms with E-state index < -0.39 is 0 Å². The number of hydrogen-bond acceptors (Lipinski definition) is 4. The van der Waals surface area contributed by atoms with Crippen molar-refractivity contribution in [3.8, 4) is 17.1 Å². The van der Waals surface area contributed by atoms with Crippen molar-refractivity contribution >= 4 is 17.1 Å². The highest BCUT2D eigenvalue weighted by Crippen LogP contribution is 2.35. The molecule has 114 valence electrons. The van der Waals surface area contributed by atoms with Crippen molar-refractivity contribution in [2.24, 2.45) is 0 Å². The number of rotatable bonds is 3. The van der Waals surface area contributed by atoms with Crippen LogP contribution < -0.4 is 4.74 Å². The van der Waals surface area contributed by atoms with Crippen LogP contribution in [-0.4, -0.2) is 26.9 Å². The highest BCUT2D eigenvalue weighted by molar-refractivity contribution is 6.29. The van der Waals surface area contributed by atoms with Gasteiger partial charge in [-0.25, -0.2) is 4.52 Å². The van der Waals surface area contributed by atoms with E-state index >= 15 is 0 Å². The summed E-state index contributed by atoms with van der Waals surface area (Å²) in [6.07, 6.45) is 0. The van der Waals surface area contributed by atoms with Gasteiger partial charge in [0, 0.05) is 6.07 Å². The van der Waals surface area contributed by atoms with Crippen LogP contribution in [0.3, 0.4) is 0 Å². The maximum absolute atomic E-state index is 5.93. The smallest absolute Gasteiger partial charge is 0.214 e. The lowest BCUT2D eigenvalue weighted by Crippen LogP contribution is -1.97. The molecule has 0 atom stereocenters. The van der Waals surface area contributed by atoms with Crippen LogP contribution in [0.4, 0.5) is 0 Å². The number of aryl methyl sites for hydroxylation is 1. The Hall–Kier alpha value is -2.14. The Bertz CT molecular complexity index is 842. The van der Waals surface area contributed by atoms with Crippen molar-refractivity contribution in [2.75, 3.05) is 7.11 Å². The quantitative estimate of drug-likeness (QED) is 0.735. The third-order valence-corrected chi connectivity index (χ3v) is 3.78. The zero-order valence-corrected chi connectivity index (χ0v) is 13.7. The number of hydrogen-bond donors (Lipinski definition) is 0. The molecule has 22 heavy (non-hydrogen) atoms. The molecule has 0 saturated carbocycles. The fourth-order valence-electron chi connectivity index (χ4n) is 2.56. The van der Waals surface area contributed by atoms with Gasteiger partial charge < -0.3 is 4.74 Å². The Balaban J connectivity index is 2.38. The van der Waals surface area contributed by atoms with E-state index in [-0.39, 0.29) is 5.92 Å². The summed E-state index contributed by atoms with van der Waals surface area (Å²) in [6, 6.07) is 7.65. The Kier molecular flexibility index (Phi) is 3.74. The highest BCUT2D eigenvalue weighted by atomic mass is 35.5. The number of nitrogens with zero attached hydrogens (tertiary/aromatic N) is 4. The van der Waals surface area contributed by atoms with Crippen molar-refractivity contribution in [1.82, 2.24) is 19.8 Å². The molecule has 0 amide bonds. The summed E-state index contributed by atoms with van der Waals surface area (Å²) in [5.41, 5.74) is 4.67. The number of aromatic nitrogens is 4. The van der Waals surface area contributed by atoms with Gasteiger partial charge in [0.2, 0.25) is 5.88 Å². The molecule has 6 heteroatoms. The van der Waals surface area contributed by atoms with Crippen LogP contribution in [0.1, 0.15) is 31.0 Å². The Labute approximate surface area is 133 Å². The van der Waals surface area contributed by atoms with E-state index in [0.717, 1.165) is 28.0 Å². The summed E-state index contributed by atoms with van der Waals surface area (Å²) in [5, 5.41) is 13.4. The van der Waals surface area contributed by atoms with Crippen molar-refractivity contribution in [3.05, 3.63) is 40.7 Å². The van der Waals surface area contributed by atoms with Gasteiger partial charge in [-0.3, -0.25) is 0 Å². The molecule has 0 aliphatic rings. The molecule has 0 aliphatic heterocycles. The lowest BCUT2D eigenvalue weighted by atomic mass is 10.00. The zero-order chi connectivity index (χ0) is 15.9. The molecule has 0 aromatic carbocycles. The monoisotopic (exact) mass is 316 g/mol. The Morgan fingerprint density at radius 3 is 2.64 bits per heavy atom. The highest BCUT2D eigenvalue weighted by Gasteiger charge is 2.21. The van der Waals surface area contributed by atoms with Crippen molar-refractivity contribution < 1.29 is 4.74 Å². The molecule has 0 spiro atoms. The first-order valence-electron chi connectivity index (χ1n) is 7.08. The molecule has 0 fully saturated rings. The van der Waals surface area contributed by atoms with Crippen molar-refractivity contribution in [1.29, 1.82) is 0 Å². The lowest BCUT2D eigenvalue weighted by molar-refractivity contribution is 0.385. The maximum Gasteiger partial charge on any atom is 0.214 e. The van der Waals surface area contributed by atoms with Crippen LogP contribution >= 0.6 is 11.6 Å². The first-order valence-corrected chi connectivity index (χ1v) is 7.46. The second-order valence-electron chi connectivity index (χ2n) is 5.48. The molecular weight excluding hydrogens is 300 g/mol. The van der Waals surface area contributed by atoms with Gasteiger partial charge in [-0.15, -0.1) is 10.2 Å². The molecule has 0 N–H and O–H groups in total. The average molecular weight is 317 g/mol. The third-order valence-electron chi connectivity index (χ3n) is 3.60. The number of fused-ring (bicyclic) bond motifs is 1. The van der Waals surface area contributed by atoms with Gasteiger partial charge in [0.1, 0.15) is 5.69 Å². The van der Waals surface area contributed by atoms with Crippen LogP contribution in [0.5, 0.6) is 5.88 Å². The van der Waals surface area contributed by atoms with E-state index in [1.54, 1.807) is 11.6 Å². The average Bonchev–Trinajstić information content (AvgIpc) is 2.87. The Morgan fingerprint density at radius 1 is 1.23 bits per heavy atom. The molecular formula is C16H17ClN4O. The van der Waals surface area contributed by atoms with Crippen LogP contribution in [0.2, 0.25) is 5.15 Å². The Morgan fingerprint density at radius 2 is 2.00 bits per heavy atom. The molecule has 3 heterocycles. The molecule has 0 radical (unpaired) electrons. The predicted octanol–water partition coefficient (Wildman–Crippen LogP) is 3.89. The second kappa shape index (κ2) is 5.57. The van der Waals surface area contributed by atoms with Gasteiger partial charge in [-0.05, 0) is 30.5 Å². The van der Waals surface area contributed by atoms with E-state index in [1.807, 2.05) is 31.2 Å². The topological polar surface area (TPSA) is 52.3 Å². The van der Waals surface area contributed by atoms with Crippen LogP contribution in [0.25, 0.3) is 16.8 Å². The molecule has 5 nitrogen and oxygen atoms in total. The fourth-order valence-corrected chi connectivity index (χ4v) is 2.77. The zero-order valence-electron chi connectivity index (χ0n) is 13.0. The normalized spacial score (nSPS) is 11.4. The summed E-state index contributed by atoms with van der Waals surface area (Å²) < 4.78 is 7.21. The number of pyridine rings is 1. The third kappa shape index (κ3) is 2.31. The molecule has 3 rings (SSSR count). The summed E-state index contributed by atoms with van der Waals surface area (Å²) >= 11 is 5.93. The van der Waals surface area contributed by atoms with Gasteiger partial charge in [0.15, 0.2) is 5.15 Å². The van der Waals surface area contributed by atoms with Crippen molar-refractivity contribution in [3.63, 3.8) is 0 Å². The molecule has 0 bridgehead atoms. The molecule has 3 aromatic heterocycles. The summed E-state index contributed by atoms with van der Waals surface area (Å²) in [5.74, 6) is 0.932. The summed E-state index contributed by atoms with van der Waals surface area (Å²) in [7, 11) is 1.64. The predicted molar refractivity (Wildman–Crippen MR) is 86.6 cm³/mol. The lowest BCUT2D eigenvalue weighted by Gasteiger charge is -2.07. The van der Waals surface area contributed by atoms with E-state index in [2.05, 4.69) is 24.0 Å². The van der Waals surface area contributed by atoms with Crippen LogP contribution in [0.15, 0.2) is 24.3 Å². The molecule has 0 saturated heterocycles. The van der Waals surface area contributed by atoms with E-state index in [4.69, 9.17) is 21.4 Å². The van der Waals surface area contributed by atoms with E-state index in [9.17, 15) is 0 Å². The van der Waals surface area contributed by atoms with Gasteiger partial charge in [-0.1, -0.05) is 31.5 Å². The number of halogens is 1. The fraction of sp³-hybridized carbons (Fsp3) is 0.312. The van der Waals surface area contributed by atoms with Crippen LogP contribution in [0, 0.1) is 6.92 Å². The summed E-state index contributed by atoms with van der Waals surface area (Å²) in [6.45, 7) is 6.19. The number of ether oxygens (including phenoxy) is 1. The van der Waals surface area contributed by atoms with E-state index in [0.29, 0.717) is 11.0 Å². The summed E-state index contributed by atoms with van der Waals surface area (Å²) in [4.78, 5) is 0. The van der Waals surface area contributed by atoms with Crippen LogP contribution in [-0.2, 0) is 0 Å². The standard InChI is InChI=1S/C16H17ClN4O/c1-9(2)15-14(16-10(3)8-12(17)18-19-16)11-6-5-7-13(22-4)21(11)20-15/h5-9H,1-4H3. The SMILES string of the molecule is COc1cccc2c(-c3nnc(Cl)cc3C)c(C(C)C)nn12. The first kappa shape index (κ1) is 14.8. The molecule has 0 aliphatic carbocycles. The number of methoxy groups -OCH3 is 1. The van der Waals surface area contributed by atoms with Crippen molar-refractivity contribution in [2.45, 2.75) is 26.7 Å². The van der Waals surface area contributed by atoms with E-state index in [1.165, 1.54) is 0 Å². The molecule has 0 unspecified atom stereocenters. The van der Waals surface area contributed by atoms with Gasteiger partial charge >= 0.3 is 0 Å². The minimum atomic E-state index is 0.247. The van der Waals surface area contributed by atoms with Gasteiger partial charge in [0.25, 0.3) is 0 Å².